The van der Waals surface area contributed by atoms with Crippen LogP contribution in [0.1, 0.15) is 0 Å². The van der Waals surface area contributed by atoms with Gasteiger partial charge in [-0.3, -0.25) is 14.7 Å². The molecule has 0 aliphatic heterocycles. The van der Waals surface area contributed by atoms with E-state index in [1.54, 1.807) is 30.8 Å². The smallest absolute Gasteiger partial charge is 0.281 e. The Morgan fingerprint density at radius 2 is 2.17 bits per heavy atom. The van der Waals surface area contributed by atoms with Crippen LogP contribution in [-0.2, 0) is 7.05 Å². The summed E-state index contributed by atoms with van der Waals surface area (Å²) in [6.07, 6.45) is 0. The van der Waals surface area contributed by atoms with Gasteiger partial charge in [0.15, 0.2) is 5.82 Å². The SMILES string of the molecule is CNc1nnc(-c2ccc(Cl)cc2[N+](=O)[O-])n1C. The van der Waals surface area contributed by atoms with Crippen LogP contribution >= 0.6 is 11.6 Å². The minimum Gasteiger partial charge on any atom is -0.357 e. The van der Waals surface area contributed by atoms with E-state index in [9.17, 15) is 10.1 Å². The quantitative estimate of drug-likeness (QED) is 0.680. The van der Waals surface area contributed by atoms with Gasteiger partial charge in [-0.25, -0.2) is 0 Å². The molecule has 8 heteroatoms. The molecular weight excluding hydrogens is 258 g/mol. The number of aromatic nitrogens is 3. The summed E-state index contributed by atoms with van der Waals surface area (Å²) in [6, 6.07) is 4.44. The zero-order valence-corrected chi connectivity index (χ0v) is 10.5. The number of nitro groups is 1. The summed E-state index contributed by atoms with van der Waals surface area (Å²) >= 11 is 5.76. The van der Waals surface area contributed by atoms with Crippen LogP contribution in [0.5, 0.6) is 0 Å². The lowest BCUT2D eigenvalue weighted by molar-refractivity contribution is -0.384. The van der Waals surface area contributed by atoms with Gasteiger partial charge in [-0.2, -0.15) is 0 Å². The summed E-state index contributed by atoms with van der Waals surface area (Å²) in [5, 5.41) is 22.0. The lowest BCUT2D eigenvalue weighted by atomic mass is 10.1. The maximum atomic E-state index is 11.0. The van der Waals surface area contributed by atoms with Crippen LogP contribution < -0.4 is 5.32 Å². The highest BCUT2D eigenvalue weighted by atomic mass is 35.5. The standard InChI is InChI=1S/C10H10ClN5O2/c1-12-10-14-13-9(15(10)2)7-4-3-6(11)5-8(7)16(17)18/h3-5H,1-2H3,(H,12,14). The second-order valence-electron chi connectivity index (χ2n) is 3.57. The van der Waals surface area contributed by atoms with E-state index in [0.29, 0.717) is 22.4 Å². The highest BCUT2D eigenvalue weighted by molar-refractivity contribution is 6.30. The van der Waals surface area contributed by atoms with Crippen molar-refractivity contribution in [2.24, 2.45) is 7.05 Å². The zero-order chi connectivity index (χ0) is 13.3. The minimum absolute atomic E-state index is 0.0966. The van der Waals surface area contributed by atoms with E-state index in [2.05, 4.69) is 15.5 Å². The van der Waals surface area contributed by atoms with Crippen molar-refractivity contribution in [2.45, 2.75) is 0 Å². The first-order valence-corrected chi connectivity index (χ1v) is 5.44. The Hall–Kier alpha value is -2.15. The van der Waals surface area contributed by atoms with Crippen LogP contribution in [0.2, 0.25) is 5.02 Å². The molecule has 18 heavy (non-hydrogen) atoms. The van der Waals surface area contributed by atoms with Gasteiger partial charge in [0.25, 0.3) is 5.69 Å². The van der Waals surface area contributed by atoms with Gasteiger partial charge in [0.05, 0.1) is 10.5 Å². The molecule has 1 heterocycles. The zero-order valence-electron chi connectivity index (χ0n) is 9.72. The molecule has 0 amide bonds. The molecule has 7 nitrogen and oxygen atoms in total. The number of benzene rings is 1. The summed E-state index contributed by atoms with van der Waals surface area (Å²) < 4.78 is 1.64. The molecule has 94 valence electrons. The van der Waals surface area contributed by atoms with Crippen molar-refractivity contribution in [1.82, 2.24) is 14.8 Å². The second-order valence-corrected chi connectivity index (χ2v) is 4.01. The average Bonchev–Trinajstić information content (AvgIpc) is 2.70. The molecule has 0 aliphatic carbocycles. The molecule has 0 fully saturated rings. The predicted octanol–water partition coefficient (Wildman–Crippen LogP) is 2.09. The van der Waals surface area contributed by atoms with Crippen molar-refractivity contribution in [2.75, 3.05) is 12.4 Å². The van der Waals surface area contributed by atoms with Gasteiger partial charge in [0, 0.05) is 25.2 Å². The predicted molar refractivity (Wildman–Crippen MR) is 67.7 cm³/mol. The Morgan fingerprint density at radius 1 is 1.44 bits per heavy atom. The van der Waals surface area contributed by atoms with Gasteiger partial charge < -0.3 is 5.32 Å². The first-order valence-electron chi connectivity index (χ1n) is 5.06. The fourth-order valence-electron chi connectivity index (χ4n) is 1.63. The molecule has 1 aromatic carbocycles. The Morgan fingerprint density at radius 3 is 2.72 bits per heavy atom. The molecule has 0 saturated heterocycles. The lowest BCUT2D eigenvalue weighted by Crippen LogP contribution is -2.01. The topological polar surface area (TPSA) is 85.9 Å². The minimum atomic E-state index is -0.491. The summed E-state index contributed by atoms with van der Waals surface area (Å²) in [5.41, 5.74) is 0.279. The third-order valence-electron chi connectivity index (χ3n) is 2.50. The Balaban J connectivity index is 2.63. The van der Waals surface area contributed by atoms with Gasteiger partial charge in [-0.05, 0) is 12.1 Å². The van der Waals surface area contributed by atoms with Crippen LogP contribution in [0.25, 0.3) is 11.4 Å². The van der Waals surface area contributed by atoms with Crippen LogP contribution in [0, 0.1) is 10.1 Å². The molecule has 0 bridgehead atoms. The van der Waals surface area contributed by atoms with E-state index < -0.39 is 4.92 Å². The van der Waals surface area contributed by atoms with Gasteiger partial charge in [0.2, 0.25) is 5.95 Å². The summed E-state index contributed by atoms with van der Waals surface area (Å²) in [4.78, 5) is 10.5. The van der Waals surface area contributed by atoms with E-state index >= 15 is 0 Å². The van der Waals surface area contributed by atoms with E-state index in [1.165, 1.54) is 6.07 Å². The first kappa shape index (κ1) is 12.3. The summed E-state index contributed by atoms with van der Waals surface area (Å²) in [5.74, 6) is 0.928. The number of hydrogen-bond acceptors (Lipinski definition) is 5. The summed E-state index contributed by atoms with van der Waals surface area (Å²) in [6.45, 7) is 0. The van der Waals surface area contributed by atoms with Gasteiger partial charge in [-0.1, -0.05) is 11.6 Å². The van der Waals surface area contributed by atoms with Crippen molar-refractivity contribution >= 4 is 23.2 Å². The van der Waals surface area contributed by atoms with Gasteiger partial charge in [-0.15, -0.1) is 10.2 Å². The number of hydrogen-bond donors (Lipinski definition) is 1. The first-order chi connectivity index (χ1) is 8.54. The maximum Gasteiger partial charge on any atom is 0.281 e. The number of halogens is 1. The van der Waals surface area contributed by atoms with Gasteiger partial charge in [0.1, 0.15) is 0 Å². The van der Waals surface area contributed by atoms with Crippen molar-refractivity contribution in [3.63, 3.8) is 0 Å². The fraction of sp³-hybridized carbons (Fsp3) is 0.200. The number of nitro benzene ring substituents is 1. The number of anilines is 1. The highest BCUT2D eigenvalue weighted by Crippen LogP contribution is 2.31. The normalized spacial score (nSPS) is 10.4. The molecular formula is C10H10ClN5O2. The molecule has 0 spiro atoms. The molecule has 0 aliphatic rings. The van der Waals surface area contributed by atoms with Crippen molar-refractivity contribution in [1.29, 1.82) is 0 Å². The molecule has 0 unspecified atom stereocenters. The van der Waals surface area contributed by atoms with Crippen molar-refractivity contribution in [3.8, 4) is 11.4 Å². The number of nitrogens with zero attached hydrogens (tertiary/aromatic N) is 4. The van der Waals surface area contributed by atoms with E-state index in [1.807, 2.05) is 0 Å². The average molecular weight is 268 g/mol. The Labute approximate surface area is 108 Å². The van der Waals surface area contributed by atoms with E-state index in [4.69, 9.17) is 11.6 Å². The Bertz CT molecular complexity index is 610. The third kappa shape index (κ3) is 2.00. The van der Waals surface area contributed by atoms with Crippen LogP contribution in [0.15, 0.2) is 18.2 Å². The van der Waals surface area contributed by atoms with Crippen LogP contribution in [0.3, 0.4) is 0 Å². The molecule has 0 radical (unpaired) electrons. The van der Waals surface area contributed by atoms with Crippen molar-refractivity contribution in [3.05, 3.63) is 33.3 Å². The van der Waals surface area contributed by atoms with E-state index in [-0.39, 0.29) is 5.69 Å². The summed E-state index contributed by atoms with van der Waals surface area (Å²) in [7, 11) is 3.42. The number of nitrogens with one attached hydrogen (secondary N) is 1. The molecule has 0 atom stereocenters. The Kier molecular flexibility index (Phi) is 3.15. The molecule has 0 saturated carbocycles. The van der Waals surface area contributed by atoms with Gasteiger partial charge >= 0.3 is 0 Å². The molecule has 1 aromatic heterocycles. The van der Waals surface area contributed by atoms with Crippen LogP contribution in [-0.4, -0.2) is 26.7 Å². The largest absolute Gasteiger partial charge is 0.357 e. The fourth-order valence-corrected chi connectivity index (χ4v) is 1.79. The monoisotopic (exact) mass is 267 g/mol. The van der Waals surface area contributed by atoms with Crippen LogP contribution in [0.4, 0.5) is 11.6 Å². The maximum absolute atomic E-state index is 11.0. The lowest BCUT2D eigenvalue weighted by Gasteiger charge is -2.04. The molecule has 2 aromatic rings. The molecule has 2 rings (SSSR count). The third-order valence-corrected chi connectivity index (χ3v) is 2.73. The second kappa shape index (κ2) is 4.61. The van der Waals surface area contributed by atoms with Crippen molar-refractivity contribution < 1.29 is 4.92 Å². The highest BCUT2D eigenvalue weighted by Gasteiger charge is 2.20. The van der Waals surface area contributed by atoms with E-state index in [0.717, 1.165) is 0 Å². The molecule has 1 N–H and O–H groups in total. The number of rotatable bonds is 3.